The van der Waals surface area contributed by atoms with E-state index >= 15 is 0 Å². The van der Waals surface area contributed by atoms with Crippen LogP contribution in [0.2, 0.25) is 5.28 Å². The number of carbonyl (C=O) groups is 1. The van der Waals surface area contributed by atoms with E-state index in [1.54, 1.807) is 17.2 Å². The molecule has 15 heavy (non-hydrogen) atoms. The van der Waals surface area contributed by atoms with E-state index < -0.39 is 6.23 Å². The molecule has 2 heterocycles. The number of anilines is 1. The minimum atomic E-state index is -0.578. The van der Waals surface area contributed by atoms with Gasteiger partial charge in [0.2, 0.25) is 5.28 Å². The van der Waals surface area contributed by atoms with Gasteiger partial charge in [-0.05, 0) is 24.6 Å². The van der Waals surface area contributed by atoms with Crippen molar-refractivity contribution in [1.29, 1.82) is 0 Å². The van der Waals surface area contributed by atoms with Crippen LogP contribution in [0.4, 0.5) is 5.82 Å². The third-order valence-electron chi connectivity index (χ3n) is 2.25. The molecular formula is C9H10ClN3O2. The van der Waals surface area contributed by atoms with E-state index in [0.29, 0.717) is 12.4 Å². The van der Waals surface area contributed by atoms with E-state index in [-0.39, 0.29) is 11.3 Å². The Labute approximate surface area is 92.0 Å². The smallest absolute Gasteiger partial charge is 0.224 e. The summed E-state index contributed by atoms with van der Waals surface area (Å²) in [5.41, 5.74) is 0. The van der Waals surface area contributed by atoms with Crippen molar-refractivity contribution in [2.24, 2.45) is 0 Å². The zero-order chi connectivity index (χ0) is 10.8. The summed E-state index contributed by atoms with van der Waals surface area (Å²) < 4.78 is 5.28. The first-order valence-corrected chi connectivity index (χ1v) is 4.94. The number of halogens is 1. The number of hydrogen-bond donors (Lipinski definition) is 0. The van der Waals surface area contributed by atoms with Crippen molar-refractivity contribution in [2.45, 2.75) is 19.2 Å². The third kappa shape index (κ3) is 1.93. The standard InChI is InChI=1S/C9H10ClN3O2/c1-6-5-15-8(4-14)13(6)7-2-3-11-9(10)12-7/h2-4,6,8H,5H2,1H3/t6-,8?/m0/s1. The monoisotopic (exact) mass is 227 g/mol. The summed E-state index contributed by atoms with van der Waals surface area (Å²) in [5, 5.41) is 0.163. The lowest BCUT2D eigenvalue weighted by atomic mass is 10.3. The average molecular weight is 228 g/mol. The quantitative estimate of drug-likeness (QED) is 0.555. The topological polar surface area (TPSA) is 55.3 Å². The first-order valence-electron chi connectivity index (χ1n) is 4.56. The van der Waals surface area contributed by atoms with Gasteiger partial charge in [0.25, 0.3) is 0 Å². The molecule has 80 valence electrons. The van der Waals surface area contributed by atoms with Crippen LogP contribution in [0, 0.1) is 0 Å². The molecule has 0 saturated carbocycles. The molecule has 2 atom stereocenters. The van der Waals surface area contributed by atoms with Gasteiger partial charge in [-0.3, -0.25) is 4.79 Å². The Morgan fingerprint density at radius 2 is 2.53 bits per heavy atom. The number of rotatable bonds is 2. The van der Waals surface area contributed by atoms with Crippen LogP contribution in [0.1, 0.15) is 6.92 Å². The van der Waals surface area contributed by atoms with Gasteiger partial charge in [0.15, 0.2) is 12.5 Å². The Kier molecular flexibility index (Phi) is 2.83. The molecular weight excluding hydrogens is 218 g/mol. The highest BCUT2D eigenvalue weighted by molar-refractivity contribution is 6.28. The number of aldehydes is 1. The molecule has 6 heteroatoms. The van der Waals surface area contributed by atoms with Crippen LogP contribution in [-0.2, 0) is 9.53 Å². The van der Waals surface area contributed by atoms with Crippen LogP contribution in [0.5, 0.6) is 0 Å². The molecule has 1 fully saturated rings. The molecule has 0 bridgehead atoms. The van der Waals surface area contributed by atoms with E-state index in [1.807, 2.05) is 6.92 Å². The molecule has 0 spiro atoms. The van der Waals surface area contributed by atoms with Gasteiger partial charge in [0.1, 0.15) is 5.82 Å². The van der Waals surface area contributed by atoms with Gasteiger partial charge in [-0.15, -0.1) is 0 Å². The van der Waals surface area contributed by atoms with Gasteiger partial charge in [-0.25, -0.2) is 9.97 Å². The van der Waals surface area contributed by atoms with Crippen LogP contribution in [0.25, 0.3) is 0 Å². The fraction of sp³-hybridized carbons (Fsp3) is 0.444. The second kappa shape index (κ2) is 4.12. The van der Waals surface area contributed by atoms with Crippen LogP contribution < -0.4 is 4.90 Å². The first kappa shape index (κ1) is 10.3. The zero-order valence-electron chi connectivity index (χ0n) is 8.13. The predicted molar refractivity (Wildman–Crippen MR) is 54.8 cm³/mol. The van der Waals surface area contributed by atoms with Crippen molar-refractivity contribution in [1.82, 2.24) is 9.97 Å². The summed E-state index contributed by atoms with van der Waals surface area (Å²) in [6.07, 6.45) is 1.72. The fourth-order valence-electron chi connectivity index (χ4n) is 1.58. The molecule has 1 unspecified atom stereocenters. The van der Waals surface area contributed by atoms with E-state index in [9.17, 15) is 4.79 Å². The largest absolute Gasteiger partial charge is 0.349 e. The number of aromatic nitrogens is 2. The third-order valence-corrected chi connectivity index (χ3v) is 2.43. The van der Waals surface area contributed by atoms with Crippen LogP contribution in [0.3, 0.4) is 0 Å². The van der Waals surface area contributed by atoms with Gasteiger partial charge in [-0.2, -0.15) is 0 Å². The molecule has 0 radical (unpaired) electrons. The minimum absolute atomic E-state index is 0.103. The van der Waals surface area contributed by atoms with Crippen molar-refractivity contribution >= 4 is 23.7 Å². The molecule has 0 N–H and O–H groups in total. The molecule has 1 aromatic heterocycles. The number of ether oxygens (including phenoxy) is 1. The average Bonchev–Trinajstić information content (AvgIpc) is 2.59. The van der Waals surface area contributed by atoms with Gasteiger partial charge in [-0.1, -0.05) is 0 Å². The predicted octanol–water partition coefficient (Wildman–Crippen LogP) is 0.880. The molecule has 1 aliphatic rings. The van der Waals surface area contributed by atoms with Gasteiger partial charge >= 0.3 is 0 Å². The van der Waals surface area contributed by atoms with Gasteiger partial charge in [0.05, 0.1) is 12.6 Å². The summed E-state index contributed by atoms with van der Waals surface area (Å²) in [5.74, 6) is 0.608. The second-order valence-electron chi connectivity index (χ2n) is 3.30. The minimum Gasteiger partial charge on any atom is -0.349 e. The van der Waals surface area contributed by atoms with Crippen LogP contribution in [-0.4, -0.2) is 35.1 Å². The summed E-state index contributed by atoms with van der Waals surface area (Å²) in [6.45, 7) is 2.46. The highest BCUT2D eigenvalue weighted by atomic mass is 35.5. The Balaban J connectivity index is 2.32. The lowest BCUT2D eigenvalue weighted by molar-refractivity contribution is -0.115. The number of hydrogen-bond acceptors (Lipinski definition) is 5. The molecule has 5 nitrogen and oxygen atoms in total. The van der Waals surface area contributed by atoms with E-state index in [0.717, 1.165) is 6.29 Å². The van der Waals surface area contributed by atoms with Gasteiger partial charge < -0.3 is 9.64 Å². The highest BCUT2D eigenvalue weighted by Gasteiger charge is 2.32. The second-order valence-corrected chi connectivity index (χ2v) is 3.64. The maximum absolute atomic E-state index is 10.8. The van der Waals surface area contributed by atoms with Crippen molar-refractivity contribution in [3.05, 3.63) is 17.5 Å². The number of carbonyl (C=O) groups excluding carboxylic acids is 1. The van der Waals surface area contributed by atoms with E-state index in [2.05, 4.69) is 9.97 Å². The van der Waals surface area contributed by atoms with Crippen LogP contribution in [0.15, 0.2) is 12.3 Å². The summed E-state index contributed by atoms with van der Waals surface area (Å²) >= 11 is 5.68. The summed E-state index contributed by atoms with van der Waals surface area (Å²) in [7, 11) is 0. The molecule has 1 saturated heterocycles. The van der Waals surface area contributed by atoms with Crippen molar-refractivity contribution < 1.29 is 9.53 Å². The SMILES string of the molecule is C[C@H]1COC(C=O)N1c1ccnc(Cl)n1. The Morgan fingerprint density at radius 3 is 3.20 bits per heavy atom. The Morgan fingerprint density at radius 1 is 1.73 bits per heavy atom. The Hall–Kier alpha value is -1.20. The van der Waals surface area contributed by atoms with Crippen molar-refractivity contribution in [3.63, 3.8) is 0 Å². The Bertz CT molecular complexity index is 374. The van der Waals surface area contributed by atoms with Crippen molar-refractivity contribution in [2.75, 3.05) is 11.5 Å². The first-order chi connectivity index (χ1) is 7.22. The zero-order valence-corrected chi connectivity index (χ0v) is 8.89. The van der Waals surface area contributed by atoms with E-state index in [1.165, 1.54) is 0 Å². The highest BCUT2D eigenvalue weighted by Crippen LogP contribution is 2.23. The molecule has 1 aliphatic heterocycles. The summed E-state index contributed by atoms with van der Waals surface area (Å²) in [6, 6.07) is 1.80. The molecule has 0 amide bonds. The molecule has 0 aromatic carbocycles. The van der Waals surface area contributed by atoms with E-state index in [4.69, 9.17) is 16.3 Å². The fourth-order valence-corrected chi connectivity index (χ4v) is 1.72. The maximum Gasteiger partial charge on any atom is 0.224 e. The molecule has 0 aliphatic carbocycles. The molecule has 1 aromatic rings. The molecule has 2 rings (SSSR count). The van der Waals surface area contributed by atoms with Crippen LogP contribution >= 0.6 is 11.6 Å². The lowest BCUT2D eigenvalue weighted by Crippen LogP contribution is -2.37. The summed E-state index contributed by atoms with van der Waals surface area (Å²) in [4.78, 5) is 20.4. The number of nitrogens with zero attached hydrogens (tertiary/aromatic N) is 3. The normalized spacial score (nSPS) is 25.6. The van der Waals surface area contributed by atoms with Gasteiger partial charge in [0, 0.05) is 6.20 Å². The van der Waals surface area contributed by atoms with Crippen molar-refractivity contribution in [3.8, 4) is 0 Å². The maximum atomic E-state index is 10.8. The lowest BCUT2D eigenvalue weighted by Gasteiger charge is -2.23.